The Morgan fingerprint density at radius 1 is 1.45 bits per heavy atom. The van der Waals surface area contributed by atoms with Crippen LogP contribution in [-0.4, -0.2) is 30.4 Å². The molecule has 2 rings (SSSR count). The maximum atomic E-state index is 13.7. The maximum absolute atomic E-state index is 13.7. The van der Waals surface area contributed by atoms with Gasteiger partial charge in [-0.1, -0.05) is 6.07 Å². The minimum atomic E-state index is -0.702. The monoisotopic (exact) mass is 283 g/mol. The zero-order chi connectivity index (χ0) is 14.9. The minimum absolute atomic E-state index is 0.0554. The summed E-state index contributed by atoms with van der Waals surface area (Å²) in [6, 6.07) is 2.68. The molecule has 1 aliphatic heterocycles. The van der Waals surface area contributed by atoms with Crippen LogP contribution in [0.15, 0.2) is 18.2 Å². The van der Waals surface area contributed by atoms with E-state index < -0.39 is 29.6 Å². The molecule has 1 aromatic rings. The highest BCUT2D eigenvalue weighted by Gasteiger charge is 2.38. The molecule has 0 spiro atoms. The molecule has 2 atom stereocenters. The summed E-state index contributed by atoms with van der Waals surface area (Å²) in [7, 11) is 1.26. The fourth-order valence-electron chi connectivity index (χ4n) is 2.44. The molecule has 1 heterocycles. The number of hydrogen-bond acceptors (Lipinski definition) is 3. The summed E-state index contributed by atoms with van der Waals surface area (Å²) < 4.78 is 31.2. The fourth-order valence-corrected chi connectivity index (χ4v) is 2.44. The molecule has 20 heavy (non-hydrogen) atoms. The smallest absolute Gasteiger partial charge is 0.310 e. The number of nitrogens with zero attached hydrogens (tertiary/aromatic N) is 1. The Bertz CT molecular complexity index is 547. The molecular formula is C14H15F2NO3. The summed E-state index contributed by atoms with van der Waals surface area (Å²) in [5.74, 6) is -2.59. The topological polar surface area (TPSA) is 46.6 Å². The minimum Gasteiger partial charge on any atom is -0.469 e. The Morgan fingerprint density at radius 3 is 2.75 bits per heavy atom. The Balaban J connectivity index is 2.19. The number of ether oxygens (including phenoxy) is 1. The number of hydrogen-bond donors (Lipinski definition) is 0. The van der Waals surface area contributed by atoms with Crippen LogP contribution in [0.1, 0.15) is 24.9 Å². The van der Waals surface area contributed by atoms with E-state index in [0.717, 1.165) is 12.1 Å². The van der Waals surface area contributed by atoms with E-state index in [9.17, 15) is 18.4 Å². The van der Waals surface area contributed by atoms with Crippen LogP contribution in [0.2, 0.25) is 0 Å². The van der Waals surface area contributed by atoms with Gasteiger partial charge in [-0.05, 0) is 13.0 Å². The van der Waals surface area contributed by atoms with Crippen molar-refractivity contribution in [2.24, 2.45) is 5.92 Å². The van der Waals surface area contributed by atoms with Crippen LogP contribution >= 0.6 is 0 Å². The first-order valence-electron chi connectivity index (χ1n) is 6.26. The number of rotatable bonds is 3. The maximum Gasteiger partial charge on any atom is 0.310 e. The lowest BCUT2D eigenvalue weighted by Crippen LogP contribution is -2.30. The highest BCUT2D eigenvalue weighted by molar-refractivity contribution is 5.87. The molecule has 0 aliphatic carbocycles. The molecule has 0 N–H and O–H groups in total. The molecule has 0 radical (unpaired) electrons. The number of carbonyl (C=O) groups excluding carboxylic acids is 2. The van der Waals surface area contributed by atoms with Crippen LogP contribution in [0.5, 0.6) is 0 Å². The Labute approximate surface area is 115 Å². The molecule has 1 aromatic carbocycles. The molecule has 0 saturated carbocycles. The molecule has 4 nitrogen and oxygen atoms in total. The number of esters is 1. The largest absolute Gasteiger partial charge is 0.469 e. The number of methoxy groups -OCH3 is 1. The summed E-state index contributed by atoms with van der Waals surface area (Å²) in [5.41, 5.74) is 0.227. The number of carbonyl (C=O) groups is 2. The number of benzene rings is 1. The van der Waals surface area contributed by atoms with Crippen LogP contribution in [0, 0.1) is 17.6 Å². The predicted octanol–water partition coefficient (Wildman–Crippen LogP) is 2.05. The van der Waals surface area contributed by atoms with Gasteiger partial charge in [0.15, 0.2) is 0 Å². The third-order valence-electron chi connectivity index (χ3n) is 3.57. The Morgan fingerprint density at radius 2 is 2.15 bits per heavy atom. The number of amides is 1. The van der Waals surface area contributed by atoms with E-state index in [0.29, 0.717) is 0 Å². The number of halogens is 2. The first-order chi connectivity index (χ1) is 9.43. The summed E-state index contributed by atoms with van der Waals surface area (Å²) in [6.45, 7) is 1.83. The zero-order valence-electron chi connectivity index (χ0n) is 11.2. The van der Waals surface area contributed by atoms with Gasteiger partial charge < -0.3 is 9.64 Å². The second-order valence-electron chi connectivity index (χ2n) is 4.81. The second kappa shape index (κ2) is 5.56. The zero-order valence-corrected chi connectivity index (χ0v) is 11.2. The molecule has 1 fully saturated rings. The molecule has 0 aromatic heterocycles. The van der Waals surface area contributed by atoms with Crippen LogP contribution in [-0.2, 0) is 14.3 Å². The van der Waals surface area contributed by atoms with Gasteiger partial charge in [0.25, 0.3) is 0 Å². The van der Waals surface area contributed by atoms with Crippen LogP contribution in [0.25, 0.3) is 0 Å². The molecule has 6 heteroatoms. The van der Waals surface area contributed by atoms with Crippen molar-refractivity contribution in [1.82, 2.24) is 4.90 Å². The summed E-state index contributed by atoms with van der Waals surface area (Å²) in [4.78, 5) is 24.8. The third-order valence-corrected chi connectivity index (χ3v) is 3.57. The van der Waals surface area contributed by atoms with Crippen molar-refractivity contribution in [3.63, 3.8) is 0 Å². The van der Waals surface area contributed by atoms with Gasteiger partial charge in [-0.3, -0.25) is 9.59 Å². The average Bonchev–Trinajstić information content (AvgIpc) is 2.79. The lowest BCUT2D eigenvalue weighted by atomic mass is 10.1. The van der Waals surface area contributed by atoms with E-state index in [2.05, 4.69) is 4.74 Å². The van der Waals surface area contributed by atoms with E-state index in [1.807, 2.05) is 0 Å². The lowest BCUT2D eigenvalue weighted by Gasteiger charge is -2.25. The van der Waals surface area contributed by atoms with Gasteiger partial charge in [0.1, 0.15) is 11.6 Å². The fraction of sp³-hybridized carbons (Fsp3) is 0.429. The highest BCUT2D eigenvalue weighted by Crippen LogP contribution is 2.30. The molecular weight excluding hydrogens is 268 g/mol. The van der Waals surface area contributed by atoms with Crippen LogP contribution in [0.4, 0.5) is 8.78 Å². The molecule has 1 saturated heterocycles. The van der Waals surface area contributed by atoms with Crippen molar-refractivity contribution in [2.75, 3.05) is 13.7 Å². The van der Waals surface area contributed by atoms with Crippen LogP contribution < -0.4 is 0 Å². The molecule has 0 bridgehead atoms. The van der Waals surface area contributed by atoms with E-state index in [4.69, 9.17) is 0 Å². The summed E-state index contributed by atoms with van der Waals surface area (Å²) in [5, 5.41) is 0. The summed E-state index contributed by atoms with van der Waals surface area (Å²) >= 11 is 0. The van der Waals surface area contributed by atoms with E-state index in [1.165, 1.54) is 18.1 Å². The first-order valence-corrected chi connectivity index (χ1v) is 6.26. The molecule has 2 unspecified atom stereocenters. The van der Waals surface area contributed by atoms with Gasteiger partial charge in [-0.15, -0.1) is 0 Å². The Hall–Kier alpha value is -1.98. The van der Waals surface area contributed by atoms with Gasteiger partial charge in [0.05, 0.1) is 19.1 Å². The summed E-state index contributed by atoms with van der Waals surface area (Å²) in [6.07, 6.45) is 0.0554. The quantitative estimate of drug-likeness (QED) is 0.798. The van der Waals surface area contributed by atoms with E-state index in [1.54, 1.807) is 6.92 Å². The van der Waals surface area contributed by atoms with Gasteiger partial charge in [0.2, 0.25) is 5.91 Å². The van der Waals surface area contributed by atoms with E-state index in [-0.39, 0.29) is 24.4 Å². The van der Waals surface area contributed by atoms with Crippen LogP contribution in [0.3, 0.4) is 0 Å². The van der Waals surface area contributed by atoms with Crippen molar-refractivity contribution >= 4 is 11.9 Å². The normalized spacial score (nSPS) is 20.1. The molecule has 108 valence electrons. The lowest BCUT2D eigenvalue weighted by molar-refractivity contribution is -0.145. The first kappa shape index (κ1) is 14.4. The van der Waals surface area contributed by atoms with Crippen molar-refractivity contribution in [1.29, 1.82) is 0 Å². The van der Waals surface area contributed by atoms with Gasteiger partial charge in [-0.2, -0.15) is 0 Å². The van der Waals surface area contributed by atoms with Crippen molar-refractivity contribution in [3.8, 4) is 0 Å². The SMILES string of the molecule is COC(=O)C1CC(=O)N(C(C)c2ccc(F)cc2F)C1. The van der Waals surface area contributed by atoms with Gasteiger partial charge in [0, 0.05) is 24.6 Å². The molecule has 1 amide bonds. The third kappa shape index (κ3) is 2.64. The Kier molecular flexibility index (Phi) is 4.01. The highest BCUT2D eigenvalue weighted by atomic mass is 19.1. The van der Waals surface area contributed by atoms with Gasteiger partial charge in [-0.25, -0.2) is 8.78 Å². The van der Waals surface area contributed by atoms with Crippen molar-refractivity contribution < 1.29 is 23.1 Å². The standard InChI is InChI=1S/C14H15F2NO3/c1-8(11-4-3-10(15)6-12(11)16)17-7-9(5-13(17)18)14(19)20-2/h3-4,6,8-9H,5,7H2,1-2H3. The van der Waals surface area contributed by atoms with Gasteiger partial charge >= 0.3 is 5.97 Å². The van der Waals surface area contributed by atoms with Crippen molar-refractivity contribution in [2.45, 2.75) is 19.4 Å². The predicted molar refractivity (Wildman–Crippen MR) is 66.6 cm³/mol. The molecule has 1 aliphatic rings. The number of likely N-dealkylation sites (tertiary alicyclic amines) is 1. The van der Waals surface area contributed by atoms with Crippen molar-refractivity contribution in [3.05, 3.63) is 35.4 Å². The van der Waals surface area contributed by atoms with E-state index >= 15 is 0 Å². The average molecular weight is 283 g/mol. The second-order valence-corrected chi connectivity index (χ2v) is 4.81.